The van der Waals surface area contributed by atoms with Crippen molar-refractivity contribution in [2.75, 3.05) is 47.6 Å². The maximum Gasteiger partial charge on any atom is 0.351 e. The highest BCUT2D eigenvalue weighted by atomic mass is 35.5. The number of carboxylic acid groups (broad SMARTS) is 2. The first-order valence-corrected chi connectivity index (χ1v) is 10.4. The van der Waals surface area contributed by atoms with Gasteiger partial charge in [-0.05, 0) is 38.8 Å². The van der Waals surface area contributed by atoms with Crippen LogP contribution in [0.5, 0.6) is 17.2 Å². The second-order valence-corrected chi connectivity index (χ2v) is 7.41. The zero-order chi connectivity index (χ0) is 24.7. The fraction of sp³-hybridized carbons (Fsp3) is 0.571. The quantitative estimate of drug-likeness (QED) is 0.242. The van der Waals surface area contributed by atoms with Crippen molar-refractivity contribution in [1.29, 1.82) is 0 Å². The normalized spacial score (nSPS) is 11.9. The molecule has 0 heterocycles. The van der Waals surface area contributed by atoms with Crippen molar-refractivity contribution in [2.24, 2.45) is 0 Å². The number of quaternary nitrogens is 1. The number of carbonyl (C=O) groups excluding carboxylic acids is 2. The number of nitrogens with one attached hydrogen (secondary N) is 1. The Balaban J connectivity index is 0.00000140. The van der Waals surface area contributed by atoms with E-state index < -0.39 is 17.9 Å². The molecule has 0 saturated carbocycles. The van der Waals surface area contributed by atoms with Crippen LogP contribution in [-0.4, -0.2) is 76.0 Å². The third-order valence-corrected chi connectivity index (χ3v) is 4.61. The van der Waals surface area contributed by atoms with E-state index in [2.05, 4.69) is 6.92 Å². The molecule has 2 N–H and O–H groups in total. The topological polar surface area (TPSA) is 136 Å². The molecule has 11 heteroatoms. The van der Waals surface area contributed by atoms with Gasteiger partial charge in [0.05, 0.1) is 40.0 Å². The molecule has 2 unspecified atom stereocenters. The number of esters is 1. The van der Waals surface area contributed by atoms with E-state index in [1.807, 2.05) is 6.92 Å². The van der Waals surface area contributed by atoms with Crippen LogP contribution in [0.2, 0.25) is 0 Å². The van der Waals surface area contributed by atoms with E-state index in [0.717, 1.165) is 32.5 Å². The van der Waals surface area contributed by atoms with E-state index in [4.69, 9.17) is 50.4 Å². The second-order valence-electron chi connectivity index (χ2n) is 6.67. The smallest absolute Gasteiger partial charge is 0.351 e. The second kappa shape index (κ2) is 16.0. The zero-order valence-corrected chi connectivity index (χ0v) is 19.8. The third-order valence-electron chi connectivity index (χ3n) is 4.40. The molecule has 0 aromatic heterocycles. The fourth-order valence-electron chi connectivity index (χ4n) is 2.68. The summed E-state index contributed by atoms with van der Waals surface area (Å²) >= 11 is 5.98. The van der Waals surface area contributed by atoms with Crippen LogP contribution in [0.15, 0.2) is 12.1 Å². The zero-order valence-electron chi connectivity index (χ0n) is 19.1. The van der Waals surface area contributed by atoms with Crippen LogP contribution in [-0.2, 0) is 14.3 Å². The summed E-state index contributed by atoms with van der Waals surface area (Å²) in [5.41, 5.74) is 0.369. The molecule has 32 heavy (non-hydrogen) atoms. The van der Waals surface area contributed by atoms with Gasteiger partial charge >= 0.3 is 11.9 Å². The molecule has 0 spiro atoms. The van der Waals surface area contributed by atoms with E-state index in [-0.39, 0.29) is 5.38 Å². The standard InChI is InChI=1S/C19H30ClNO5.C2H2O4/c1-6-21(9-7-8-14(2)20)10-11-26-19(22)15-12-16(23-3)18(25-5)17(13-15)24-4;3-1(4)2(5)6/h12-14H,6-11H2,1-5H3;(H,3,4)(H,5,6). The van der Waals surface area contributed by atoms with Crippen LogP contribution >= 0.6 is 11.6 Å². The largest absolute Gasteiger partial charge is 0.539 e. The van der Waals surface area contributed by atoms with Crippen molar-refractivity contribution in [2.45, 2.75) is 32.1 Å². The Labute approximate surface area is 193 Å². The monoisotopic (exact) mass is 477 g/mol. The van der Waals surface area contributed by atoms with Gasteiger partial charge in [0.25, 0.3) is 0 Å². The lowest BCUT2D eigenvalue weighted by Crippen LogP contribution is -3.12. The van der Waals surface area contributed by atoms with Gasteiger partial charge in [0.2, 0.25) is 5.75 Å². The molecular weight excluding hydrogens is 446 g/mol. The first-order chi connectivity index (χ1) is 15.1. The molecule has 1 rings (SSSR count). The lowest BCUT2D eigenvalue weighted by molar-refractivity contribution is -0.898. The van der Waals surface area contributed by atoms with Crippen molar-refractivity contribution >= 4 is 29.5 Å². The number of ether oxygens (including phenoxy) is 4. The molecule has 2 atom stereocenters. The molecule has 182 valence electrons. The summed E-state index contributed by atoms with van der Waals surface area (Å²) in [6.07, 6.45) is 2.06. The number of rotatable bonds is 12. The molecular formula is C21H32ClNO9. The van der Waals surface area contributed by atoms with Crippen LogP contribution in [0, 0.1) is 0 Å². The fourth-order valence-corrected chi connectivity index (χ4v) is 2.84. The summed E-state index contributed by atoms with van der Waals surface area (Å²) in [4.78, 5) is 31.8. The van der Waals surface area contributed by atoms with E-state index >= 15 is 0 Å². The third kappa shape index (κ3) is 11.1. The van der Waals surface area contributed by atoms with Crippen molar-refractivity contribution < 1.29 is 48.4 Å². The van der Waals surface area contributed by atoms with Gasteiger partial charge < -0.3 is 38.9 Å². The molecule has 0 aliphatic carbocycles. The average molecular weight is 478 g/mol. The minimum Gasteiger partial charge on any atom is -0.539 e. The summed E-state index contributed by atoms with van der Waals surface area (Å²) in [5.74, 6) is -3.12. The molecule has 10 nitrogen and oxygen atoms in total. The van der Waals surface area contributed by atoms with Crippen molar-refractivity contribution in [3.63, 3.8) is 0 Å². The minimum atomic E-state index is -2.07. The van der Waals surface area contributed by atoms with Crippen molar-refractivity contribution in [3.8, 4) is 17.2 Å². The number of methoxy groups -OCH3 is 3. The summed E-state index contributed by atoms with van der Waals surface area (Å²) < 4.78 is 21.2. The van der Waals surface area contributed by atoms with Crippen LogP contribution in [0.1, 0.15) is 37.0 Å². The maximum atomic E-state index is 12.4. The molecule has 0 aliphatic rings. The highest BCUT2D eigenvalue weighted by molar-refractivity contribution is 6.26. The Bertz CT molecular complexity index is 703. The van der Waals surface area contributed by atoms with E-state index in [1.165, 1.54) is 26.2 Å². The maximum absolute atomic E-state index is 12.4. The lowest BCUT2D eigenvalue weighted by atomic mass is 10.2. The molecule has 0 saturated heterocycles. The highest BCUT2D eigenvalue weighted by Gasteiger charge is 2.18. The van der Waals surface area contributed by atoms with Crippen LogP contribution in [0.25, 0.3) is 0 Å². The minimum absolute atomic E-state index is 0.200. The molecule has 0 amide bonds. The summed E-state index contributed by atoms with van der Waals surface area (Å²) in [7, 11) is 4.54. The SMILES string of the molecule is CC[NH+](CCCC(C)Cl)CCOC(=O)c1cc(OC)c(OC)c(OC)c1.O=C([O-])C(=O)O. The molecule has 0 radical (unpaired) electrons. The number of alkyl halides is 1. The molecule has 0 aliphatic heterocycles. The van der Waals surface area contributed by atoms with Crippen LogP contribution < -0.4 is 24.2 Å². The molecule has 0 bridgehead atoms. The molecule has 1 aromatic carbocycles. The predicted octanol–water partition coefficient (Wildman–Crippen LogP) is 0.00240. The van der Waals surface area contributed by atoms with E-state index in [0.29, 0.717) is 29.4 Å². The number of carbonyl (C=O) groups is 3. The number of aliphatic carboxylic acids is 2. The Morgan fingerprint density at radius 2 is 1.62 bits per heavy atom. The van der Waals surface area contributed by atoms with Gasteiger partial charge in [-0.1, -0.05) is 0 Å². The lowest BCUT2D eigenvalue weighted by Gasteiger charge is -2.18. The van der Waals surface area contributed by atoms with Crippen LogP contribution in [0.4, 0.5) is 0 Å². The first-order valence-electron chi connectivity index (χ1n) is 10.00. The van der Waals surface area contributed by atoms with Gasteiger partial charge in [0.1, 0.15) is 13.2 Å². The van der Waals surface area contributed by atoms with E-state index in [1.54, 1.807) is 12.1 Å². The van der Waals surface area contributed by atoms with Crippen molar-refractivity contribution in [3.05, 3.63) is 17.7 Å². The number of halogens is 1. The van der Waals surface area contributed by atoms with Gasteiger partial charge in [-0.25, -0.2) is 9.59 Å². The van der Waals surface area contributed by atoms with Gasteiger partial charge in [-0.2, -0.15) is 0 Å². The molecule has 0 fully saturated rings. The number of benzene rings is 1. The Morgan fingerprint density at radius 1 is 1.09 bits per heavy atom. The van der Waals surface area contributed by atoms with Crippen molar-refractivity contribution in [1.82, 2.24) is 0 Å². The summed E-state index contributed by atoms with van der Waals surface area (Å²) in [6.45, 7) is 7.26. The highest BCUT2D eigenvalue weighted by Crippen LogP contribution is 2.38. The number of likely N-dealkylation sites (N-methyl/N-ethyl adjacent to an activating group) is 1. The predicted molar refractivity (Wildman–Crippen MR) is 115 cm³/mol. The van der Waals surface area contributed by atoms with Crippen LogP contribution in [0.3, 0.4) is 0 Å². The molecule has 1 aromatic rings. The Kier molecular flexibility index (Phi) is 14.6. The average Bonchev–Trinajstić information content (AvgIpc) is 2.76. The van der Waals surface area contributed by atoms with Gasteiger partial charge in [0, 0.05) is 5.38 Å². The van der Waals surface area contributed by atoms with Gasteiger partial charge in [0.15, 0.2) is 17.5 Å². The first kappa shape index (κ1) is 29.3. The van der Waals surface area contributed by atoms with Gasteiger partial charge in [-0.15, -0.1) is 11.6 Å². The van der Waals surface area contributed by atoms with E-state index in [9.17, 15) is 4.79 Å². The number of carboxylic acids is 2. The summed E-state index contributed by atoms with van der Waals surface area (Å²) in [6, 6.07) is 3.19. The number of hydrogen-bond acceptors (Lipinski definition) is 8. The Morgan fingerprint density at radius 3 is 2.00 bits per heavy atom. The Hall–Kier alpha value is -2.72. The summed E-state index contributed by atoms with van der Waals surface area (Å²) in [5, 5.41) is 16.5. The number of hydrogen-bond donors (Lipinski definition) is 2. The van der Waals surface area contributed by atoms with Gasteiger partial charge in [-0.3, -0.25) is 0 Å².